The molecule has 1 heterocycles. The fraction of sp³-hybridized carbons (Fsp3) is 0.143. The Kier molecular flexibility index (Phi) is 6.22. The highest BCUT2D eigenvalue weighted by Crippen LogP contribution is 2.25. The number of nitrogens with one attached hydrogen (secondary N) is 1. The molecule has 0 radical (unpaired) electrons. The molecule has 3 aromatic rings. The summed E-state index contributed by atoms with van der Waals surface area (Å²) >= 11 is 1.56. The molecule has 0 saturated carbocycles. The topological polar surface area (TPSA) is 64.6 Å². The molecule has 1 atom stereocenters. The predicted molar refractivity (Wildman–Crippen MR) is 104 cm³/mol. The van der Waals surface area contributed by atoms with E-state index in [9.17, 15) is 9.59 Å². The number of rotatable bonds is 7. The van der Waals surface area contributed by atoms with Crippen LogP contribution in [0, 0.1) is 0 Å². The van der Waals surface area contributed by atoms with Gasteiger partial charge in [0.05, 0.1) is 6.04 Å². The van der Waals surface area contributed by atoms with Gasteiger partial charge in [0, 0.05) is 4.88 Å². The van der Waals surface area contributed by atoms with Crippen molar-refractivity contribution < 1.29 is 19.1 Å². The zero-order valence-electron chi connectivity index (χ0n) is 14.8. The molecule has 1 unspecified atom stereocenters. The summed E-state index contributed by atoms with van der Waals surface area (Å²) in [4.78, 5) is 25.5. The van der Waals surface area contributed by atoms with Crippen molar-refractivity contribution in [2.75, 3.05) is 6.61 Å². The van der Waals surface area contributed by atoms with Crippen molar-refractivity contribution in [1.29, 1.82) is 0 Å². The molecule has 3 rings (SSSR count). The van der Waals surface area contributed by atoms with Crippen molar-refractivity contribution in [3.05, 3.63) is 82.6 Å². The van der Waals surface area contributed by atoms with Crippen LogP contribution in [-0.2, 0) is 9.53 Å². The Morgan fingerprint density at radius 3 is 2.48 bits per heavy atom. The lowest BCUT2D eigenvalue weighted by Gasteiger charge is -2.13. The minimum absolute atomic E-state index is 0.134. The van der Waals surface area contributed by atoms with Gasteiger partial charge >= 0.3 is 5.97 Å². The molecule has 0 spiro atoms. The summed E-state index contributed by atoms with van der Waals surface area (Å²) in [7, 11) is 0. The zero-order valence-corrected chi connectivity index (χ0v) is 15.6. The monoisotopic (exact) mass is 381 g/mol. The molecule has 0 saturated heterocycles. The number of carbonyl (C=O) groups is 2. The third-order valence-electron chi connectivity index (χ3n) is 3.76. The van der Waals surface area contributed by atoms with Crippen LogP contribution in [0.2, 0.25) is 0 Å². The van der Waals surface area contributed by atoms with Crippen molar-refractivity contribution in [3.8, 4) is 11.5 Å². The van der Waals surface area contributed by atoms with E-state index in [-0.39, 0.29) is 24.1 Å². The van der Waals surface area contributed by atoms with Crippen molar-refractivity contribution in [2.24, 2.45) is 0 Å². The van der Waals surface area contributed by atoms with E-state index in [1.807, 2.05) is 42.6 Å². The Hall–Kier alpha value is -3.12. The van der Waals surface area contributed by atoms with Crippen molar-refractivity contribution in [2.45, 2.75) is 13.0 Å². The first-order valence-electron chi connectivity index (χ1n) is 8.45. The molecule has 1 amide bonds. The van der Waals surface area contributed by atoms with Gasteiger partial charge < -0.3 is 14.8 Å². The largest absolute Gasteiger partial charge is 0.456 e. The first-order chi connectivity index (χ1) is 13.1. The molecule has 6 heteroatoms. The number of amides is 1. The van der Waals surface area contributed by atoms with Crippen molar-refractivity contribution >= 4 is 23.2 Å². The summed E-state index contributed by atoms with van der Waals surface area (Å²) in [5, 5.41) is 4.75. The van der Waals surface area contributed by atoms with Crippen LogP contribution in [0.4, 0.5) is 0 Å². The van der Waals surface area contributed by atoms with Gasteiger partial charge in [-0.05, 0) is 42.6 Å². The lowest BCUT2D eigenvalue weighted by Crippen LogP contribution is -2.30. The molecule has 0 fully saturated rings. The molecule has 5 nitrogen and oxygen atoms in total. The number of benzene rings is 2. The average molecular weight is 381 g/mol. The molecule has 0 bridgehead atoms. The minimum atomic E-state index is -0.611. The number of ether oxygens (including phenoxy) is 2. The second kappa shape index (κ2) is 9.00. The molecule has 1 N–H and O–H groups in total. The van der Waals surface area contributed by atoms with Crippen molar-refractivity contribution in [3.63, 3.8) is 0 Å². The number of thiophene rings is 1. The first kappa shape index (κ1) is 18.7. The van der Waals surface area contributed by atoms with Gasteiger partial charge in [-0.15, -0.1) is 11.3 Å². The van der Waals surface area contributed by atoms with Gasteiger partial charge in [-0.2, -0.15) is 0 Å². The van der Waals surface area contributed by atoms with Gasteiger partial charge in [-0.3, -0.25) is 4.79 Å². The number of para-hydroxylation sites is 2. The molecular formula is C21H19NO4S. The van der Waals surface area contributed by atoms with Gasteiger partial charge in [-0.1, -0.05) is 36.4 Å². The molecule has 1 aromatic heterocycles. The molecule has 27 heavy (non-hydrogen) atoms. The van der Waals surface area contributed by atoms with Gasteiger partial charge in [0.1, 0.15) is 17.1 Å². The summed E-state index contributed by atoms with van der Waals surface area (Å²) in [5.41, 5.74) is 0.264. The van der Waals surface area contributed by atoms with Crippen LogP contribution in [0.5, 0.6) is 11.5 Å². The van der Waals surface area contributed by atoms with E-state index >= 15 is 0 Å². The van der Waals surface area contributed by atoms with E-state index in [2.05, 4.69) is 5.32 Å². The third kappa shape index (κ3) is 5.18. The molecule has 0 aliphatic carbocycles. The molecular weight excluding hydrogens is 362 g/mol. The van der Waals surface area contributed by atoms with E-state index in [0.717, 1.165) is 4.88 Å². The average Bonchev–Trinajstić information content (AvgIpc) is 3.22. The van der Waals surface area contributed by atoms with Crippen LogP contribution in [0.3, 0.4) is 0 Å². The number of hydrogen-bond acceptors (Lipinski definition) is 5. The maximum atomic E-state index is 12.4. The number of esters is 1. The Morgan fingerprint density at radius 1 is 1.00 bits per heavy atom. The fourth-order valence-electron chi connectivity index (χ4n) is 2.44. The van der Waals surface area contributed by atoms with Gasteiger partial charge in [0.15, 0.2) is 6.61 Å². The van der Waals surface area contributed by atoms with E-state index in [4.69, 9.17) is 9.47 Å². The summed E-state index contributed by atoms with van der Waals surface area (Å²) in [5.74, 6) is 0.0208. The van der Waals surface area contributed by atoms with Crippen LogP contribution in [0.1, 0.15) is 28.2 Å². The predicted octanol–water partition coefficient (Wildman–Crippen LogP) is 4.57. The molecule has 2 aromatic carbocycles. The highest BCUT2D eigenvalue weighted by atomic mass is 32.1. The van der Waals surface area contributed by atoms with E-state index < -0.39 is 5.97 Å². The van der Waals surface area contributed by atoms with E-state index in [1.165, 1.54) is 0 Å². The van der Waals surface area contributed by atoms with Crippen LogP contribution in [0.15, 0.2) is 72.1 Å². The second-order valence-electron chi connectivity index (χ2n) is 5.79. The summed E-state index contributed by atoms with van der Waals surface area (Å²) in [6.45, 7) is 1.53. The highest BCUT2D eigenvalue weighted by molar-refractivity contribution is 7.10. The normalized spacial score (nSPS) is 11.4. The Bertz CT molecular complexity index is 894. The van der Waals surface area contributed by atoms with Crippen LogP contribution in [0.25, 0.3) is 0 Å². The standard InChI is InChI=1S/C21H19NO4S/c1-15(19-12-7-13-27-19)22-20(23)14-25-21(24)17-10-5-6-11-18(17)26-16-8-3-2-4-9-16/h2-13,15H,14H2,1H3,(H,22,23). The summed E-state index contributed by atoms with van der Waals surface area (Å²) < 4.78 is 10.9. The smallest absolute Gasteiger partial charge is 0.342 e. The summed E-state index contributed by atoms with van der Waals surface area (Å²) in [6, 6.07) is 19.7. The Morgan fingerprint density at radius 2 is 1.74 bits per heavy atom. The van der Waals surface area contributed by atoms with Crippen molar-refractivity contribution in [1.82, 2.24) is 5.32 Å². The van der Waals surface area contributed by atoms with Gasteiger partial charge in [0.25, 0.3) is 5.91 Å². The second-order valence-corrected chi connectivity index (χ2v) is 6.77. The quantitative estimate of drug-likeness (QED) is 0.609. The molecule has 138 valence electrons. The minimum Gasteiger partial charge on any atom is -0.456 e. The zero-order chi connectivity index (χ0) is 19.1. The van der Waals surface area contributed by atoms with E-state index in [0.29, 0.717) is 11.5 Å². The molecule has 0 aliphatic rings. The lowest BCUT2D eigenvalue weighted by atomic mass is 10.2. The highest BCUT2D eigenvalue weighted by Gasteiger charge is 2.17. The fourth-order valence-corrected chi connectivity index (χ4v) is 3.18. The lowest BCUT2D eigenvalue weighted by molar-refractivity contribution is -0.124. The third-order valence-corrected chi connectivity index (χ3v) is 4.81. The number of carbonyl (C=O) groups excluding carboxylic acids is 2. The number of hydrogen-bond donors (Lipinski definition) is 1. The maximum absolute atomic E-state index is 12.4. The Labute approximate surface area is 161 Å². The Balaban J connectivity index is 1.59. The molecule has 0 aliphatic heterocycles. The maximum Gasteiger partial charge on any atom is 0.342 e. The van der Waals surface area contributed by atoms with Gasteiger partial charge in [-0.25, -0.2) is 4.79 Å². The van der Waals surface area contributed by atoms with Crippen LogP contribution < -0.4 is 10.1 Å². The SMILES string of the molecule is CC(NC(=O)COC(=O)c1ccccc1Oc1ccccc1)c1cccs1. The summed E-state index contributed by atoms with van der Waals surface area (Å²) in [6.07, 6.45) is 0. The van der Waals surface area contributed by atoms with Crippen LogP contribution in [-0.4, -0.2) is 18.5 Å². The van der Waals surface area contributed by atoms with Crippen LogP contribution >= 0.6 is 11.3 Å². The van der Waals surface area contributed by atoms with E-state index in [1.54, 1.807) is 47.7 Å². The van der Waals surface area contributed by atoms with Gasteiger partial charge in [0.2, 0.25) is 0 Å². The first-order valence-corrected chi connectivity index (χ1v) is 9.33.